The molecule has 0 saturated carbocycles. The highest BCUT2D eigenvalue weighted by Crippen LogP contribution is 2.28. The molecule has 134 valence electrons. The van der Waals surface area contributed by atoms with Gasteiger partial charge in [0.05, 0.1) is 17.2 Å². The number of hydrogen-bond donors (Lipinski definition) is 0. The van der Waals surface area contributed by atoms with Crippen LogP contribution in [0.25, 0.3) is 0 Å². The first-order valence-corrected chi connectivity index (χ1v) is 10.0. The Kier molecular flexibility index (Phi) is 5.40. The van der Waals surface area contributed by atoms with Crippen molar-refractivity contribution >= 4 is 27.0 Å². The van der Waals surface area contributed by atoms with Crippen LogP contribution in [0.1, 0.15) is 11.3 Å². The summed E-state index contributed by atoms with van der Waals surface area (Å²) in [5.41, 5.74) is 0.932. The van der Waals surface area contributed by atoms with Crippen LogP contribution in [-0.4, -0.2) is 22.6 Å². The SMILES string of the molecule is O=[N+]([O-])c1ccccc1S(=O)(=O)N(Cc1ccsc1)Cc1ccccn1. The maximum absolute atomic E-state index is 13.2. The number of rotatable bonds is 7. The zero-order valence-corrected chi connectivity index (χ0v) is 15.2. The van der Waals surface area contributed by atoms with E-state index in [0.717, 1.165) is 5.56 Å². The van der Waals surface area contributed by atoms with Crippen molar-refractivity contribution in [2.75, 3.05) is 0 Å². The lowest BCUT2D eigenvalue weighted by Crippen LogP contribution is -2.31. The van der Waals surface area contributed by atoms with Gasteiger partial charge in [-0.2, -0.15) is 15.6 Å². The van der Waals surface area contributed by atoms with E-state index < -0.39 is 20.6 Å². The summed E-state index contributed by atoms with van der Waals surface area (Å²) in [6.45, 7) is 0.125. The van der Waals surface area contributed by atoms with Gasteiger partial charge in [0.2, 0.25) is 0 Å². The minimum absolute atomic E-state index is 0.0189. The lowest BCUT2D eigenvalue weighted by Gasteiger charge is -2.21. The molecule has 3 aromatic rings. The molecule has 2 aromatic heterocycles. The van der Waals surface area contributed by atoms with Gasteiger partial charge in [0.1, 0.15) is 0 Å². The standard InChI is InChI=1S/C17H15N3O4S2/c21-20(22)16-6-1-2-7-17(16)26(23,24)19(11-14-8-10-25-13-14)12-15-5-3-4-9-18-15/h1-10,13H,11-12H2. The minimum atomic E-state index is -4.09. The quantitative estimate of drug-likeness (QED) is 0.456. The van der Waals surface area contributed by atoms with Crippen molar-refractivity contribution in [3.63, 3.8) is 0 Å². The van der Waals surface area contributed by atoms with Gasteiger partial charge in [-0.25, -0.2) is 8.42 Å². The molecule has 0 N–H and O–H groups in total. The van der Waals surface area contributed by atoms with Gasteiger partial charge in [-0.05, 0) is 40.6 Å². The summed E-state index contributed by atoms with van der Waals surface area (Å²) in [6.07, 6.45) is 1.58. The fourth-order valence-corrected chi connectivity index (χ4v) is 4.67. The van der Waals surface area contributed by atoms with Crippen LogP contribution in [-0.2, 0) is 23.1 Å². The molecule has 2 heterocycles. The van der Waals surface area contributed by atoms with E-state index in [0.29, 0.717) is 5.69 Å². The third kappa shape index (κ3) is 3.96. The molecular weight excluding hydrogens is 374 g/mol. The summed E-state index contributed by atoms with van der Waals surface area (Å²) in [7, 11) is -4.09. The minimum Gasteiger partial charge on any atom is -0.260 e. The fourth-order valence-electron chi connectivity index (χ4n) is 2.45. The van der Waals surface area contributed by atoms with Crippen molar-refractivity contribution in [3.8, 4) is 0 Å². The summed E-state index contributed by atoms with van der Waals surface area (Å²) in [5, 5.41) is 15.0. The molecule has 0 saturated heterocycles. The summed E-state index contributed by atoms with van der Waals surface area (Å²) in [4.78, 5) is 14.4. The molecular formula is C17H15N3O4S2. The highest BCUT2D eigenvalue weighted by atomic mass is 32.2. The molecule has 0 fully saturated rings. The zero-order chi connectivity index (χ0) is 18.6. The van der Waals surface area contributed by atoms with E-state index in [-0.39, 0.29) is 18.0 Å². The Hall–Kier alpha value is -2.62. The van der Waals surface area contributed by atoms with Crippen molar-refractivity contribution in [2.45, 2.75) is 18.0 Å². The van der Waals surface area contributed by atoms with Gasteiger partial charge in [0, 0.05) is 18.8 Å². The second kappa shape index (κ2) is 7.73. The Morgan fingerprint density at radius 2 is 1.85 bits per heavy atom. The van der Waals surface area contributed by atoms with E-state index in [4.69, 9.17) is 0 Å². The molecule has 7 nitrogen and oxygen atoms in total. The van der Waals surface area contributed by atoms with Crippen LogP contribution < -0.4 is 0 Å². The Bertz CT molecular complexity index is 990. The number of pyridine rings is 1. The summed E-state index contributed by atoms with van der Waals surface area (Å²) in [5.74, 6) is 0. The lowest BCUT2D eigenvalue weighted by atomic mass is 10.3. The van der Waals surface area contributed by atoms with Crippen molar-refractivity contribution in [1.82, 2.24) is 9.29 Å². The topological polar surface area (TPSA) is 93.4 Å². The second-order valence-electron chi connectivity index (χ2n) is 5.45. The zero-order valence-electron chi connectivity index (χ0n) is 13.6. The maximum atomic E-state index is 13.2. The molecule has 0 aliphatic heterocycles. The van der Waals surface area contributed by atoms with E-state index in [1.165, 1.54) is 39.9 Å². The number of aromatic nitrogens is 1. The molecule has 0 spiro atoms. The average molecular weight is 389 g/mol. The highest BCUT2D eigenvalue weighted by Gasteiger charge is 2.31. The number of nitro groups is 1. The molecule has 0 bridgehead atoms. The third-order valence-electron chi connectivity index (χ3n) is 3.68. The first-order valence-electron chi connectivity index (χ1n) is 7.63. The summed E-state index contributed by atoms with van der Waals surface area (Å²) in [6, 6.07) is 12.4. The average Bonchev–Trinajstić information content (AvgIpc) is 3.15. The molecule has 0 aliphatic carbocycles. The number of nitrogens with zero attached hydrogens (tertiary/aromatic N) is 3. The number of benzene rings is 1. The van der Waals surface area contributed by atoms with Gasteiger partial charge in [-0.3, -0.25) is 15.1 Å². The van der Waals surface area contributed by atoms with E-state index in [9.17, 15) is 18.5 Å². The highest BCUT2D eigenvalue weighted by molar-refractivity contribution is 7.89. The normalized spacial score (nSPS) is 11.6. The van der Waals surface area contributed by atoms with E-state index in [2.05, 4.69) is 4.98 Å². The number of sulfonamides is 1. The van der Waals surface area contributed by atoms with Gasteiger partial charge in [0.25, 0.3) is 15.7 Å². The van der Waals surface area contributed by atoms with Gasteiger partial charge in [-0.15, -0.1) is 0 Å². The Morgan fingerprint density at radius 1 is 1.08 bits per heavy atom. The number of hydrogen-bond acceptors (Lipinski definition) is 6. The third-order valence-corrected chi connectivity index (χ3v) is 6.25. The van der Waals surface area contributed by atoms with E-state index in [1.54, 1.807) is 24.4 Å². The predicted molar refractivity (Wildman–Crippen MR) is 98.1 cm³/mol. The summed E-state index contributed by atoms with van der Waals surface area (Å²) >= 11 is 1.46. The number of nitro benzene ring substituents is 1. The first kappa shape index (κ1) is 18.2. The molecule has 0 atom stereocenters. The molecule has 0 aliphatic rings. The molecule has 26 heavy (non-hydrogen) atoms. The van der Waals surface area contributed by atoms with E-state index in [1.807, 2.05) is 16.8 Å². The van der Waals surface area contributed by atoms with Crippen LogP contribution in [0.15, 0.2) is 70.4 Å². The fraction of sp³-hybridized carbons (Fsp3) is 0.118. The van der Waals surface area contributed by atoms with Gasteiger partial charge in [0.15, 0.2) is 4.90 Å². The van der Waals surface area contributed by atoms with Crippen molar-refractivity contribution in [3.05, 3.63) is 86.9 Å². The Labute approximate surface area is 154 Å². The predicted octanol–water partition coefficient (Wildman–Crippen LogP) is 3.44. The molecule has 9 heteroatoms. The lowest BCUT2D eigenvalue weighted by molar-refractivity contribution is -0.387. The molecule has 0 amide bonds. The van der Waals surface area contributed by atoms with Gasteiger partial charge < -0.3 is 0 Å². The van der Waals surface area contributed by atoms with Crippen LogP contribution in [0.2, 0.25) is 0 Å². The maximum Gasteiger partial charge on any atom is 0.289 e. The first-order chi connectivity index (χ1) is 12.5. The molecule has 0 radical (unpaired) electrons. The van der Waals surface area contributed by atoms with Crippen molar-refractivity contribution in [2.24, 2.45) is 0 Å². The van der Waals surface area contributed by atoms with Crippen LogP contribution in [0.3, 0.4) is 0 Å². The van der Waals surface area contributed by atoms with E-state index >= 15 is 0 Å². The van der Waals surface area contributed by atoms with Crippen LogP contribution in [0, 0.1) is 10.1 Å². The second-order valence-corrected chi connectivity index (χ2v) is 8.14. The smallest absolute Gasteiger partial charge is 0.260 e. The Morgan fingerprint density at radius 3 is 2.50 bits per heavy atom. The monoisotopic (exact) mass is 389 g/mol. The van der Waals surface area contributed by atoms with Crippen molar-refractivity contribution in [1.29, 1.82) is 0 Å². The largest absolute Gasteiger partial charge is 0.289 e. The summed E-state index contributed by atoms with van der Waals surface area (Å²) < 4.78 is 27.6. The van der Waals surface area contributed by atoms with Gasteiger partial charge in [-0.1, -0.05) is 18.2 Å². The number of thiophene rings is 1. The van der Waals surface area contributed by atoms with Crippen LogP contribution >= 0.6 is 11.3 Å². The van der Waals surface area contributed by atoms with Crippen LogP contribution in [0.4, 0.5) is 5.69 Å². The van der Waals surface area contributed by atoms with Gasteiger partial charge >= 0.3 is 0 Å². The number of para-hydroxylation sites is 1. The molecule has 1 aromatic carbocycles. The Balaban J connectivity index is 2.03. The van der Waals surface area contributed by atoms with Crippen molar-refractivity contribution < 1.29 is 13.3 Å². The molecule has 0 unspecified atom stereocenters. The van der Waals surface area contributed by atoms with Crippen LogP contribution in [0.5, 0.6) is 0 Å². The molecule has 3 rings (SSSR count).